The molecule has 10 aromatic rings. The molecule has 0 N–H and O–H groups in total. The number of nitrogens with zero attached hydrogens (tertiary/aromatic N) is 2. The number of hydrogen-bond acceptors (Lipinski definition) is 3. The summed E-state index contributed by atoms with van der Waals surface area (Å²) in [6, 6.07) is 70.6. The zero-order valence-corrected chi connectivity index (χ0v) is 31.1. The Hall–Kier alpha value is -6.94. The van der Waals surface area contributed by atoms with Crippen LogP contribution in [0.4, 0.5) is 0 Å². The molecule has 0 amide bonds. The van der Waals surface area contributed by atoms with Gasteiger partial charge in [0.1, 0.15) is 0 Å². The Morgan fingerprint density at radius 2 is 0.893 bits per heavy atom. The standard InChI is InChI=1S/C53H32N2S/c1-2-14-35(15-3-1)52-54-47(34-30-28-33(29-31-34)36-20-12-21-40-39-18-7-11-27-49(39)56-51(36)40)32-48(55-52)42-22-13-26-46-50(42)41-19-6-10-25-45(41)53(46)43-23-8-4-16-37(43)38-17-5-9-24-44(38)53/h1-32H. The Bertz CT molecular complexity index is 3150. The molecule has 12 rings (SSSR count). The zero-order chi connectivity index (χ0) is 36.8. The Labute approximate surface area is 329 Å². The maximum Gasteiger partial charge on any atom is 0.160 e. The van der Waals surface area contributed by atoms with E-state index in [0.29, 0.717) is 5.82 Å². The van der Waals surface area contributed by atoms with E-state index in [9.17, 15) is 0 Å². The predicted molar refractivity (Wildman–Crippen MR) is 233 cm³/mol. The molecule has 1 spiro atoms. The van der Waals surface area contributed by atoms with Crippen LogP contribution in [-0.2, 0) is 5.41 Å². The van der Waals surface area contributed by atoms with Crippen molar-refractivity contribution < 1.29 is 0 Å². The summed E-state index contributed by atoms with van der Waals surface area (Å²) < 4.78 is 2.64. The van der Waals surface area contributed by atoms with E-state index in [0.717, 1.165) is 28.1 Å². The molecule has 0 atom stereocenters. The van der Waals surface area contributed by atoms with Gasteiger partial charge >= 0.3 is 0 Å². The van der Waals surface area contributed by atoms with E-state index in [-0.39, 0.29) is 0 Å². The monoisotopic (exact) mass is 728 g/mol. The fourth-order valence-corrected chi connectivity index (χ4v) is 10.8. The second-order valence-corrected chi connectivity index (χ2v) is 15.9. The molecule has 8 aromatic carbocycles. The van der Waals surface area contributed by atoms with Crippen molar-refractivity contribution in [3.05, 3.63) is 216 Å². The Morgan fingerprint density at radius 1 is 0.357 bits per heavy atom. The number of thiophene rings is 1. The smallest absolute Gasteiger partial charge is 0.160 e. The lowest BCUT2D eigenvalue weighted by atomic mass is 9.70. The maximum atomic E-state index is 5.36. The largest absolute Gasteiger partial charge is 0.228 e. The minimum Gasteiger partial charge on any atom is -0.228 e. The van der Waals surface area contributed by atoms with E-state index in [1.165, 1.54) is 75.8 Å². The van der Waals surface area contributed by atoms with Crippen molar-refractivity contribution in [3.8, 4) is 67.3 Å². The van der Waals surface area contributed by atoms with Crippen molar-refractivity contribution in [2.45, 2.75) is 5.41 Å². The zero-order valence-electron chi connectivity index (χ0n) is 30.3. The summed E-state index contributed by atoms with van der Waals surface area (Å²) >= 11 is 1.87. The molecule has 0 saturated heterocycles. The highest BCUT2D eigenvalue weighted by Gasteiger charge is 2.52. The molecule has 0 unspecified atom stereocenters. The third kappa shape index (κ3) is 4.38. The van der Waals surface area contributed by atoms with Crippen LogP contribution in [0, 0.1) is 0 Å². The fraction of sp³-hybridized carbons (Fsp3) is 0.0189. The van der Waals surface area contributed by atoms with Gasteiger partial charge in [0.2, 0.25) is 0 Å². The van der Waals surface area contributed by atoms with Gasteiger partial charge in [-0.1, -0.05) is 182 Å². The first kappa shape index (κ1) is 31.4. The first-order valence-corrected chi connectivity index (χ1v) is 20.0. The minimum absolute atomic E-state index is 0.416. The Morgan fingerprint density at radius 3 is 1.66 bits per heavy atom. The van der Waals surface area contributed by atoms with Crippen molar-refractivity contribution in [1.29, 1.82) is 0 Å². The van der Waals surface area contributed by atoms with Gasteiger partial charge in [-0.15, -0.1) is 11.3 Å². The molecular formula is C53H32N2S. The normalized spacial score (nSPS) is 13.1. The second kappa shape index (κ2) is 12.0. The molecule has 3 heteroatoms. The van der Waals surface area contributed by atoms with Crippen molar-refractivity contribution >= 4 is 31.5 Å². The van der Waals surface area contributed by atoms with Crippen LogP contribution >= 0.6 is 11.3 Å². The maximum absolute atomic E-state index is 5.36. The molecule has 2 aromatic heterocycles. The van der Waals surface area contributed by atoms with Crippen LogP contribution in [0.15, 0.2) is 194 Å². The first-order chi connectivity index (χ1) is 27.8. The number of fused-ring (bicyclic) bond motifs is 13. The van der Waals surface area contributed by atoms with E-state index < -0.39 is 5.41 Å². The summed E-state index contributed by atoms with van der Waals surface area (Å²) in [6.07, 6.45) is 0. The Kier molecular flexibility index (Phi) is 6.75. The SMILES string of the molecule is c1ccc(-c2nc(-c3ccc(-c4cccc5c4sc4ccccc45)cc3)cc(-c3cccc4c3-c3ccccc3C43c4ccccc4-c4ccccc43)n2)cc1. The summed E-state index contributed by atoms with van der Waals surface area (Å²) in [5.41, 5.74) is 17.4. The average molecular weight is 729 g/mol. The highest BCUT2D eigenvalue weighted by atomic mass is 32.1. The number of hydrogen-bond donors (Lipinski definition) is 0. The number of rotatable bonds is 4. The van der Waals surface area contributed by atoms with Crippen molar-refractivity contribution in [1.82, 2.24) is 9.97 Å². The van der Waals surface area contributed by atoms with Crippen LogP contribution in [0.5, 0.6) is 0 Å². The first-order valence-electron chi connectivity index (χ1n) is 19.2. The molecule has 0 saturated carbocycles. The van der Waals surface area contributed by atoms with Crippen LogP contribution in [0.1, 0.15) is 22.3 Å². The molecular weight excluding hydrogens is 697 g/mol. The summed E-state index contributed by atoms with van der Waals surface area (Å²) in [7, 11) is 0. The highest BCUT2D eigenvalue weighted by Crippen LogP contribution is 2.63. The minimum atomic E-state index is -0.416. The van der Waals surface area contributed by atoms with Gasteiger partial charge in [-0.3, -0.25) is 0 Å². The van der Waals surface area contributed by atoms with Crippen molar-refractivity contribution in [2.24, 2.45) is 0 Å². The molecule has 0 radical (unpaired) electrons. The van der Waals surface area contributed by atoms with E-state index in [2.05, 4.69) is 188 Å². The molecule has 0 fully saturated rings. The molecule has 2 nitrogen and oxygen atoms in total. The molecule has 0 aliphatic heterocycles. The van der Waals surface area contributed by atoms with E-state index >= 15 is 0 Å². The molecule has 0 bridgehead atoms. The van der Waals surface area contributed by atoms with Crippen LogP contribution in [-0.4, -0.2) is 9.97 Å². The second-order valence-electron chi connectivity index (χ2n) is 14.8. The van der Waals surface area contributed by atoms with Crippen LogP contribution < -0.4 is 0 Å². The fourth-order valence-electron chi connectivity index (χ4n) is 9.60. The van der Waals surface area contributed by atoms with Gasteiger partial charge < -0.3 is 0 Å². The lowest BCUT2D eigenvalue weighted by molar-refractivity contribution is 0.794. The molecule has 2 aliphatic rings. The van der Waals surface area contributed by atoms with Gasteiger partial charge in [-0.25, -0.2) is 9.97 Å². The summed E-state index contributed by atoms with van der Waals surface area (Å²) in [6.45, 7) is 0. The van der Waals surface area contributed by atoms with Gasteiger partial charge in [-0.05, 0) is 67.8 Å². The third-order valence-corrected chi connectivity index (χ3v) is 13.2. The number of aromatic nitrogens is 2. The molecule has 56 heavy (non-hydrogen) atoms. The van der Waals surface area contributed by atoms with Gasteiger partial charge in [0.05, 0.1) is 16.8 Å². The quantitative estimate of drug-likeness (QED) is 0.180. The van der Waals surface area contributed by atoms with E-state index in [1.54, 1.807) is 0 Å². The Balaban J connectivity index is 1.05. The molecule has 2 aliphatic carbocycles. The molecule has 260 valence electrons. The predicted octanol–water partition coefficient (Wildman–Crippen LogP) is 13.9. The van der Waals surface area contributed by atoms with Gasteiger partial charge in [0, 0.05) is 36.9 Å². The van der Waals surface area contributed by atoms with Crippen LogP contribution in [0.2, 0.25) is 0 Å². The number of benzene rings is 8. The van der Waals surface area contributed by atoms with Gasteiger partial charge in [0.25, 0.3) is 0 Å². The van der Waals surface area contributed by atoms with Crippen LogP contribution in [0.25, 0.3) is 87.5 Å². The lowest BCUT2D eigenvalue weighted by Gasteiger charge is -2.30. The summed E-state index contributed by atoms with van der Waals surface area (Å²) in [5, 5.41) is 2.62. The summed E-state index contributed by atoms with van der Waals surface area (Å²) in [5.74, 6) is 0.715. The molecule has 2 heterocycles. The van der Waals surface area contributed by atoms with Gasteiger partial charge in [-0.2, -0.15) is 0 Å². The third-order valence-electron chi connectivity index (χ3n) is 12.0. The topological polar surface area (TPSA) is 25.8 Å². The highest BCUT2D eigenvalue weighted by molar-refractivity contribution is 7.26. The van der Waals surface area contributed by atoms with E-state index in [1.807, 2.05) is 17.4 Å². The van der Waals surface area contributed by atoms with Crippen molar-refractivity contribution in [2.75, 3.05) is 0 Å². The summed E-state index contributed by atoms with van der Waals surface area (Å²) in [4.78, 5) is 10.6. The van der Waals surface area contributed by atoms with E-state index in [4.69, 9.17) is 9.97 Å². The average Bonchev–Trinajstić information content (AvgIpc) is 3.91. The lowest BCUT2D eigenvalue weighted by Crippen LogP contribution is -2.25. The van der Waals surface area contributed by atoms with Crippen molar-refractivity contribution in [3.63, 3.8) is 0 Å². The van der Waals surface area contributed by atoms with Gasteiger partial charge in [0.15, 0.2) is 5.82 Å². The van der Waals surface area contributed by atoms with Crippen LogP contribution in [0.3, 0.4) is 0 Å².